The Kier molecular flexibility index (Phi) is 3.04. The van der Waals surface area contributed by atoms with Crippen molar-refractivity contribution in [3.8, 4) is 0 Å². The Bertz CT molecular complexity index is 499. The van der Waals surface area contributed by atoms with Crippen LogP contribution in [-0.2, 0) is 16.1 Å². The van der Waals surface area contributed by atoms with Gasteiger partial charge in [0.25, 0.3) is 11.6 Å². The standard InChI is InChI=1S/C12H14N2O4/c1-12(2)10(18-12)11(15)13-7-8-5-3-4-6-9(8)14(16)17/h3-6,10H,7H2,1-2H3,(H,13,15). The second-order valence-electron chi connectivity index (χ2n) is 4.70. The van der Waals surface area contributed by atoms with E-state index in [0.717, 1.165) is 0 Å². The van der Waals surface area contributed by atoms with Gasteiger partial charge >= 0.3 is 0 Å². The van der Waals surface area contributed by atoms with E-state index >= 15 is 0 Å². The number of nitro benzene ring substituents is 1. The molecule has 1 fully saturated rings. The summed E-state index contributed by atoms with van der Waals surface area (Å²) in [5.74, 6) is -0.238. The number of para-hydroxylation sites is 1. The van der Waals surface area contributed by atoms with Gasteiger partial charge in [0, 0.05) is 18.2 Å². The van der Waals surface area contributed by atoms with Crippen LogP contribution in [0.25, 0.3) is 0 Å². The lowest BCUT2D eigenvalue weighted by atomic mass is 10.1. The molecule has 1 aromatic carbocycles. The Morgan fingerprint density at radius 1 is 1.50 bits per heavy atom. The zero-order valence-corrected chi connectivity index (χ0v) is 10.2. The van der Waals surface area contributed by atoms with Crippen LogP contribution in [0.15, 0.2) is 24.3 Å². The summed E-state index contributed by atoms with van der Waals surface area (Å²) in [6.07, 6.45) is -0.458. The van der Waals surface area contributed by atoms with Crippen LogP contribution >= 0.6 is 0 Å². The van der Waals surface area contributed by atoms with Crippen molar-refractivity contribution in [2.45, 2.75) is 32.1 Å². The summed E-state index contributed by atoms with van der Waals surface area (Å²) >= 11 is 0. The minimum absolute atomic E-state index is 0.00813. The van der Waals surface area contributed by atoms with E-state index in [2.05, 4.69) is 5.32 Å². The molecule has 0 aliphatic carbocycles. The molecule has 1 heterocycles. The van der Waals surface area contributed by atoms with Gasteiger partial charge in [-0.25, -0.2) is 0 Å². The Labute approximate surface area is 104 Å². The molecule has 1 saturated heterocycles. The van der Waals surface area contributed by atoms with Crippen molar-refractivity contribution < 1.29 is 14.5 Å². The van der Waals surface area contributed by atoms with Crippen molar-refractivity contribution in [2.75, 3.05) is 0 Å². The zero-order valence-electron chi connectivity index (χ0n) is 10.2. The Morgan fingerprint density at radius 2 is 2.11 bits per heavy atom. The van der Waals surface area contributed by atoms with E-state index in [-0.39, 0.29) is 18.1 Å². The van der Waals surface area contributed by atoms with Crippen LogP contribution in [0.5, 0.6) is 0 Å². The first-order valence-corrected chi connectivity index (χ1v) is 5.59. The number of hydrogen-bond donors (Lipinski definition) is 1. The van der Waals surface area contributed by atoms with Gasteiger partial charge in [-0.15, -0.1) is 0 Å². The van der Waals surface area contributed by atoms with Crippen LogP contribution in [-0.4, -0.2) is 22.5 Å². The number of rotatable bonds is 4. The molecular weight excluding hydrogens is 236 g/mol. The highest BCUT2D eigenvalue weighted by Crippen LogP contribution is 2.35. The fourth-order valence-corrected chi connectivity index (χ4v) is 1.75. The van der Waals surface area contributed by atoms with Crippen molar-refractivity contribution in [3.05, 3.63) is 39.9 Å². The van der Waals surface area contributed by atoms with Crippen molar-refractivity contribution in [1.29, 1.82) is 0 Å². The number of epoxide rings is 1. The molecule has 6 heteroatoms. The molecule has 0 aromatic heterocycles. The van der Waals surface area contributed by atoms with Gasteiger partial charge in [-0.3, -0.25) is 14.9 Å². The van der Waals surface area contributed by atoms with Gasteiger partial charge in [0.1, 0.15) is 0 Å². The van der Waals surface area contributed by atoms with Crippen LogP contribution in [0.1, 0.15) is 19.4 Å². The maximum Gasteiger partial charge on any atom is 0.274 e. The maximum absolute atomic E-state index is 11.7. The lowest BCUT2D eigenvalue weighted by Crippen LogP contribution is -2.30. The second kappa shape index (κ2) is 4.38. The lowest BCUT2D eigenvalue weighted by molar-refractivity contribution is -0.385. The number of nitrogens with zero attached hydrogens (tertiary/aromatic N) is 1. The summed E-state index contributed by atoms with van der Waals surface area (Å²) in [7, 11) is 0. The largest absolute Gasteiger partial charge is 0.356 e. The molecule has 18 heavy (non-hydrogen) atoms. The highest BCUT2D eigenvalue weighted by Gasteiger charge is 2.52. The third kappa shape index (κ3) is 2.48. The van der Waals surface area contributed by atoms with Crippen LogP contribution in [0.4, 0.5) is 5.69 Å². The van der Waals surface area contributed by atoms with Gasteiger partial charge in [-0.05, 0) is 13.8 Å². The molecule has 1 N–H and O–H groups in total. The fraction of sp³-hybridized carbons (Fsp3) is 0.417. The first kappa shape index (κ1) is 12.5. The fourth-order valence-electron chi connectivity index (χ4n) is 1.75. The highest BCUT2D eigenvalue weighted by atomic mass is 16.6. The number of hydrogen-bond acceptors (Lipinski definition) is 4. The molecule has 1 amide bonds. The minimum Gasteiger partial charge on any atom is -0.356 e. The van der Waals surface area contributed by atoms with E-state index < -0.39 is 16.6 Å². The average Bonchev–Trinajstić information content (AvgIpc) is 2.96. The average molecular weight is 250 g/mol. The summed E-state index contributed by atoms with van der Waals surface area (Å²) in [5, 5.41) is 13.4. The minimum atomic E-state index is -0.459. The number of ether oxygens (including phenoxy) is 1. The molecule has 96 valence electrons. The first-order valence-electron chi connectivity index (χ1n) is 5.59. The Hall–Kier alpha value is -1.95. The summed E-state index contributed by atoms with van der Waals surface area (Å²) in [4.78, 5) is 22.0. The van der Waals surface area contributed by atoms with Crippen molar-refractivity contribution in [2.24, 2.45) is 0 Å². The molecule has 0 spiro atoms. The molecule has 1 aliphatic heterocycles. The number of amides is 1. The third-order valence-electron chi connectivity index (χ3n) is 2.88. The topological polar surface area (TPSA) is 84.8 Å². The van der Waals surface area contributed by atoms with Crippen LogP contribution in [0.3, 0.4) is 0 Å². The molecule has 0 bridgehead atoms. The highest BCUT2D eigenvalue weighted by molar-refractivity contribution is 5.84. The molecule has 6 nitrogen and oxygen atoms in total. The van der Waals surface area contributed by atoms with Crippen molar-refractivity contribution in [3.63, 3.8) is 0 Å². The van der Waals surface area contributed by atoms with Gasteiger partial charge in [0.15, 0.2) is 6.10 Å². The zero-order chi connectivity index (χ0) is 13.3. The monoisotopic (exact) mass is 250 g/mol. The summed E-state index contributed by atoms with van der Waals surface area (Å²) < 4.78 is 5.19. The van der Waals surface area contributed by atoms with E-state index in [1.807, 2.05) is 13.8 Å². The number of carbonyl (C=O) groups excluding carboxylic acids is 1. The van der Waals surface area contributed by atoms with Gasteiger partial charge in [-0.1, -0.05) is 18.2 Å². The molecule has 2 rings (SSSR count). The number of benzene rings is 1. The van der Waals surface area contributed by atoms with E-state index in [1.54, 1.807) is 18.2 Å². The van der Waals surface area contributed by atoms with Gasteiger partial charge in [0.2, 0.25) is 0 Å². The lowest BCUT2D eigenvalue weighted by Gasteiger charge is -2.04. The van der Waals surface area contributed by atoms with Crippen LogP contribution < -0.4 is 5.32 Å². The van der Waals surface area contributed by atoms with Crippen molar-refractivity contribution >= 4 is 11.6 Å². The first-order chi connectivity index (χ1) is 8.42. The van der Waals surface area contributed by atoms with E-state index in [9.17, 15) is 14.9 Å². The van der Waals surface area contributed by atoms with Crippen LogP contribution in [0.2, 0.25) is 0 Å². The third-order valence-corrected chi connectivity index (χ3v) is 2.88. The van der Waals surface area contributed by atoms with E-state index in [0.29, 0.717) is 5.56 Å². The maximum atomic E-state index is 11.7. The summed E-state index contributed by atoms with van der Waals surface area (Å²) in [5.41, 5.74) is 0.0651. The summed E-state index contributed by atoms with van der Waals surface area (Å²) in [6.45, 7) is 3.77. The number of nitrogens with one attached hydrogen (secondary N) is 1. The predicted molar refractivity (Wildman–Crippen MR) is 63.9 cm³/mol. The molecule has 1 unspecified atom stereocenters. The van der Waals surface area contributed by atoms with E-state index in [1.165, 1.54) is 6.07 Å². The normalized spacial score (nSPS) is 20.2. The second-order valence-corrected chi connectivity index (χ2v) is 4.70. The SMILES string of the molecule is CC1(C)OC1C(=O)NCc1ccccc1[N+](=O)[O-]. The Morgan fingerprint density at radius 3 is 2.67 bits per heavy atom. The smallest absolute Gasteiger partial charge is 0.274 e. The van der Waals surface area contributed by atoms with Gasteiger partial charge in [-0.2, -0.15) is 0 Å². The molecule has 0 saturated carbocycles. The molecule has 1 aromatic rings. The van der Waals surface area contributed by atoms with Crippen molar-refractivity contribution in [1.82, 2.24) is 5.32 Å². The molecule has 1 aliphatic rings. The van der Waals surface area contributed by atoms with E-state index in [4.69, 9.17) is 4.74 Å². The molecule has 1 atom stereocenters. The van der Waals surface area contributed by atoms with Crippen LogP contribution in [0, 0.1) is 10.1 Å². The number of nitro groups is 1. The predicted octanol–water partition coefficient (Wildman–Crippen LogP) is 1.39. The number of carbonyl (C=O) groups is 1. The Balaban J connectivity index is 1.99. The quantitative estimate of drug-likeness (QED) is 0.497. The van der Waals surface area contributed by atoms with Gasteiger partial charge < -0.3 is 10.1 Å². The molecule has 0 radical (unpaired) electrons. The van der Waals surface area contributed by atoms with Gasteiger partial charge in [0.05, 0.1) is 10.5 Å². The summed E-state index contributed by atoms with van der Waals surface area (Å²) in [6, 6.07) is 6.33. The molecular formula is C12H14N2O4.